The van der Waals surface area contributed by atoms with Gasteiger partial charge in [-0.25, -0.2) is 0 Å². The van der Waals surface area contributed by atoms with E-state index in [1.807, 2.05) is 0 Å². The van der Waals surface area contributed by atoms with Crippen LogP contribution in [0.1, 0.15) is 94.9 Å². The Kier molecular flexibility index (Phi) is 11.3. The van der Waals surface area contributed by atoms with Gasteiger partial charge >= 0.3 is 0 Å². The highest BCUT2D eigenvalue weighted by Crippen LogP contribution is 2.25. The van der Waals surface area contributed by atoms with E-state index in [1.165, 1.54) is 76.2 Å². The van der Waals surface area contributed by atoms with E-state index in [1.54, 1.807) is 0 Å². The molecule has 1 aliphatic heterocycles. The van der Waals surface area contributed by atoms with Gasteiger partial charge in [-0.2, -0.15) is 4.98 Å². The smallest absolute Gasteiger partial charge is 0.231 e. The molecule has 1 aromatic carbocycles. The number of unbranched alkanes of at least 4 members (excludes halogenated alkanes) is 8. The molecule has 3 rings (SSSR count). The number of rotatable bonds is 12. The Morgan fingerprint density at radius 2 is 1.66 bits per heavy atom. The minimum atomic E-state index is 0. The standard InChI is InChI=1S/C24H37N3O.ClH/c1-2-3-4-5-6-7-8-9-10-12-20-14-16-21(17-15-20)23-26-24(28-27-23)22-13-11-18-25-19-22;/h14-17,22,25H,2-13,18-19H2,1H3;1H. The second kappa shape index (κ2) is 13.8. The molecule has 1 atom stereocenters. The fourth-order valence-electron chi connectivity index (χ4n) is 4.04. The Balaban J connectivity index is 0.00000300. The van der Waals surface area contributed by atoms with E-state index in [0.717, 1.165) is 36.8 Å². The molecule has 1 aromatic heterocycles. The van der Waals surface area contributed by atoms with Crippen molar-refractivity contribution >= 4 is 12.4 Å². The number of piperidine rings is 1. The van der Waals surface area contributed by atoms with Crippen LogP contribution >= 0.6 is 12.4 Å². The molecule has 0 aliphatic carbocycles. The van der Waals surface area contributed by atoms with Crippen LogP contribution in [0.4, 0.5) is 0 Å². The van der Waals surface area contributed by atoms with Crippen LogP contribution in [0.2, 0.25) is 0 Å². The molecular weight excluding hydrogens is 382 g/mol. The SMILES string of the molecule is CCCCCCCCCCCc1ccc(-c2noc(C3CCCNC3)n2)cc1.Cl. The number of nitrogens with one attached hydrogen (secondary N) is 1. The average Bonchev–Trinajstić information content (AvgIpc) is 3.24. The molecule has 0 bridgehead atoms. The van der Waals surface area contributed by atoms with E-state index < -0.39 is 0 Å². The number of benzene rings is 1. The number of hydrogen-bond donors (Lipinski definition) is 1. The zero-order valence-corrected chi connectivity index (χ0v) is 18.8. The maximum absolute atomic E-state index is 5.52. The molecule has 2 aromatic rings. The summed E-state index contributed by atoms with van der Waals surface area (Å²) in [5, 5.41) is 7.61. The summed E-state index contributed by atoms with van der Waals surface area (Å²) in [6, 6.07) is 8.71. The average molecular weight is 420 g/mol. The number of nitrogens with zero attached hydrogens (tertiary/aromatic N) is 2. The molecule has 162 valence electrons. The Labute approximate surface area is 182 Å². The normalized spacial score (nSPS) is 16.5. The minimum Gasteiger partial charge on any atom is -0.339 e. The highest BCUT2D eigenvalue weighted by atomic mass is 35.5. The molecule has 29 heavy (non-hydrogen) atoms. The molecule has 4 nitrogen and oxygen atoms in total. The Bertz CT molecular complexity index is 665. The highest BCUT2D eigenvalue weighted by molar-refractivity contribution is 5.85. The second-order valence-corrected chi connectivity index (χ2v) is 8.27. The predicted octanol–water partition coefficient (Wildman–Crippen LogP) is 6.70. The molecule has 1 fully saturated rings. The summed E-state index contributed by atoms with van der Waals surface area (Å²) in [5.41, 5.74) is 2.46. The largest absolute Gasteiger partial charge is 0.339 e. The summed E-state index contributed by atoms with van der Waals surface area (Å²) < 4.78 is 5.52. The third kappa shape index (κ3) is 8.10. The molecular formula is C24H38ClN3O. The van der Waals surface area contributed by atoms with Gasteiger partial charge in [0.05, 0.1) is 5.92 Å². The van der Waals surface area contributed by atoms with Crippen molar-refractivity contribution < 1.29 is 4.52 Å². The fraction of sp³-hybridized carbons (Fsp3) is 0.667. The molecule has 1 saturated heterocycles. The van der Waals surface area contributed by atoms with E-state index in [2.05, 4.69) is 46.6 Å². The first-order valence-corrected chi connectivity index (χ1v) is 11.5. The quantitative estimate of drug-likeness (QED) is 0.389. The first-order valence-electron chi connectivity index (χ1n) is 11.5. The van der Waals surface area contributed by atoms with E-state index >= 15 is 0 Å². The van der Waals surface area contributed by atoms with E-state index in [0.29, 0.717) is 5.92 Å². The summed E-state index contributed by atoms with van der Waals surface area (Å²) in [6.45, 7) is 4.32. The van der Waals surface area contributed by atoms with E-state index in [4.69, 9.17) is 4.52 Å². The molecule has 0 amide bonds. The van der Waals surface area contributed by atoms with Gasteiger partial charge in [-0.3, -0.25) is 0 Å². The molecule has 0 saturated carbocycles. The van der Waals surface area contributed by atoms with Crippen LogP contribution < -0.4 is 5.32 Å². The van der Waals surface area contributed by atoms with Gasteiger partial charge < -0.3 is 9.84 Å². The fourth-order valence-corrected chi connectivity index (χ4v) is 4.04. The number of halogens is 1. The third-order valence-corrected chi connectivity index (χ3v) is 5.87. The van der Waals surface area contributed by atoms with Crippen molar-refractivity contribution in [2.75, 3.05) is 13.1 Å². The Morgan fingerprint density at radius 3 is 2.31 bits per heavy atom. The van der Waals surface area contributed by atoms with Crippen LogP contribution in [0.15, 0.2) is 28.8 Å². The van der Waals surface area contributed by atoms with Gasteiger partial charge in [0, 0.05) is 12.1 Å². The van der Waals surface area contributed by atoms with Crippen LogP contribution in [-0.2, 0) is 6.42 Å². The zero-order chi connectivity index (χ0) is 19.4. The molecule has 1 aliphatic rings. The minimum absolute atomic E-state index is 0. The van der Waals surface area contributed by atoms with Crippen LogP contribution in [0.5, 0.6) is 0 Å². The lowest BCUT2D eigenvalue weighted by Gasteiger charge is -2.18. The third-order valence-electron chi connectivity index (χ3n) is 5.87. The van der Waals surface area contributed by atoms with Crippen LogP contribution in [0, 0.1) is 0 Å². The molecule has 1 unspecified atom stereocenters. The molecule has 0 spiro atoms. The lowest BCUT2D eigenvalue weighted by Crippen LogP contribution is -2.28. The van der Waals surface area contributed by atoms with Crippen molar-refractivity contribution in [3.05, 3.63) is 35.7 Å². The first kappa shape index (κ1) is 23.9. The van der Waals surface area contributed by atoms with E-state index in [-0.39, 0.29) is 12.4 Å². The Hall–Kier alpha value is -1.39. The van der Waals surface area contributed by atoms with Crippen molar-refractivity contribution in [1.82, 2.24) is 15.5 Å². The lowest BCUT2D eigenvalue weighted by molar-refractivity contribution is 0.322. The number of aryl methyl sites for hydroxylation is 1. The zero-order valence-electron chi connectivity index (χ0n) is 18.0. The summed E-state index contributed by atoms with van der Waals surface area (Å²) in [4.78, 5) is 4.64. The van der Waals surface area contributed by atoms with Gasteiger partial charge in [0.15, 0.2) is 0 Å². The van der Waals surface area contributed by atoms with E-state index in [9.17, 15) is 0 Å². The lowest BCUT2D eigenvalue weighted by atomic mass is 10.00. The predicted molar refractivity (Wildman–Crippen MR) is 123 cm³/mol. The molecule has 0 radical (unpaired) electrons. The van der Waals surface area contributed by atoms with Crippen LogP contribution in [0.3, 0.4) is 0 Å². The van der Waals surface area contributed by atoms with Gasteiger partial charge in [-0.15, -0.1) is 12.4 Å². The summed E-state index contributed by atoms with van der Waals surface area (Å²) in [6.07, 6.45) is 15.9. The Morgan fingerprint density at radius 1 is 0.966 bits per heavy atom. The summed E-state index contributed by atoms with van der Waals surface area (Å²) in [7, 11) is 0. The number of aromatic nitrogens is 2. The maximum atomic E-state index is 5.52. The van der Waals surface area contributed by atoms with Crippen molar-refractivity contribution in [1.29, 1.82) is 0 Å². The van der Waals surface area contributed by atoms with Crippen molar-refractivity contribution in [2.24, 2.45) is 0 Å². The van der Waals surface area contributed by atoms with Gasteiger partial charge in [-0.1, -0.05) is 87.7 Å². The van der Waals surface area contributed by atoms with Crippen molar-refractivity contribution in [3.63, 3.8) is 0 Å². The van der Waals surface area contributed by atoms with Crippen molar-refractivity contribution in [3.8, 4) is 11.4 Å². The van der Waals surface area contributed by atoms with Crippen molar-refractivity contribution in [2.45, 2.75) is 89.9 Å². The summed E-state index contributed by atoms with van der Waals surface area (Å²) >= 11 is 0. The molecule has 5 heteroatoms. The molecule has 1 N–H and O–H groups in total. The van der Waals surface area contributed by atoms with Crippen LogP contribution in [-0.4, -0.2) is 23.2 Å². The molecule has 2 heterocycles. The topological polar surface area (TPSA) is 51.0 Å². The monoisotopic (exact) mass is 419 g/mol. The van der Waals surface area contributed by atoms with Gasteiger partial charge in [0.25, 0.3) is 0 Å². The van der Waals surface area contributed by atoms with Gasteiger partial charge in [-0.05, 0) is 37.8 Å². The second-order valence-electron chi connectivity index (χ2n) is 8.27. The summed E-state index contributed by atoms with van der Waals surface area (Å²) in [5.74, 6) is 1.86. The van der Waals surface area contributed by atoms with Gasteiger partial charge in [0.1, 0.15) is 0 Å². The highest BCUT2D eigenvalue weighted by Gasteiger charge is 2.21. The van der Waals surface area contributed by atoms with Crippen LogP contribution in [0.25, 0.3) is 11.4 Å². The first-order chi connectivity index (χ1) is 13.9. The van der Waals surface area contributed by atoms with Gasteiger partial charge in [0.2, 0.25) is 11.7 Å². The number of hydrogen-bond acceptors (Lipinski definition) is 4. The maximum Gasteiger partial charge on any atom is 0.231 e.